The second kappa shape index (κ2) is 5.99. The predicted molar refractivity (Wildman–Crippen MR) is 68.5 cm³/mol. The van der Waals surface area contributed by atoms with Gasteiger partial charge in [-0.2, -0.15) is 0 Å². The molecule has 1 saturated carbocycles. The molecule has 3 atom stereocenters. The SMILES string of the molecule is CC(C(=O)O)N1CCN(C2CCCCC2O)CC1. The normalized spacial score (nSPS) is 33.2. The first-order valence-corrected chi connectivity index (χ1v) is 6.98. The molecule has 0 aromatic heterocycles. The number of hydrogen-bond donors (Lipinski definition) is 2. The number of rotatable bonds is 3. The molecule has 1 heterocycles. The van der Waals surface area contributed by atoms with Gasteiger partial charge in [0.1, 0.15) is 6.04 Å². The van der Waals surface area contributed by atoms with Crippen molar-refractivity contribution in [2.75, 3.05) is 26.2 Å². The standard InChI is InChI=1S/C13H24N2O3/c1-10(13(17)18)14-6-8-15(9-7-14)11-4-2-3-5-12(11)16/h10-12,16H,2-9H2,1H3,(H,17,18). The van der Waals surface area contributed by atoms with Gasteiger partial charge in [0.2, 0.25) is 0 Å². The van der Waals surface area contributed by atoms with Crippen molar-refractivity contribution < 1.29 is 15.0 Å². The summed E-state index contributed by atoms with van der Waals surface area (Å²) in [4.78, 5) is 15.3. The van der Waals surface area contributed by atoms with E-state index in [0.717, 1.165) is 45.4 Å². The van der Waals surface area contributed by atoms with E-state index in [2.05, 4.69) is 4.90 Å². The van der Waals surface area contributed by atoms with E-state index in [0.29, 0.717) is 6.04 Å². The number of carboxylic acids is 1. The molecule has 1 aliphatic heterocycles. The van der Waals surface area contributed by atoms with Gasteiger partial charge in [0, 0.05) is 32.2 Å². The summed E-state index contributed by atoms with van der Waals surface area (Å²) in [6.45, 7) is 5.07. The number of hydrogen-bond acceptors (Lipinski definition) is 4. The lowest BCUT2D eigenvalue weighted by Crippen LogP contribution is -2.56. The number of aliphatic hydroxyl groups is 1. The highest BCUT2D eigenvalue weighted by Crippen LogP contribution is 2.24. The van der Waals surface area contributed by atoms with Crippen LogP contribution in [0.25, 0.3) is 0 Å². The van der Waals surface area contributed by atoms with Crippen molar-refractivity contribution >= 4 is 5.97 Å². The lowest BCUT2D eigenvalue weighted by atomic mass is 9.91. The zero-order valence-corrected chi connectivity index (χ0v) is 11.1. The molecular weight excluding hydrogens is 232 g/mol. The van der Waals surface area contributed by atoms with Gasteiger partial charge in [0.15, 0.2) is 0 Å². The minimum absolute atomic E-state index is 0.192. The van der Waals surface area contributed by atoms with Crippen molar-refractivity contribution in [1.29, 1.82) is 0 Å². The van der Waals surface area contributed by atoms with Crippen molar-refractivity contribution in [3.63, 3.8) is 0 Å². The monoisotopic (exact) mass is 256 g/mol. The Kier molecular flexibility index (Phi) is 4.59. The summed E-state index contributed by atoms with van der Waals surface area (Å²) in [6.07, 6.45) is 4.13. The lowest BCUT2D eigenvalue weighted by molar-refractivity contribution is -0.143. The topological polar surface area (TPSA) is 64.0 Å². The third-order valence-corrected chi connectivity index (χ3v) is 4.42. The van der Waals surface area contributed by atoms with Crippen molar-refractivity contribution in [3.05, 3.63) is 0 Å². The molecule has 0 aromatic rings. The molecule has 2 N–H and O–H groups in total. The molecular formula is C13H24N2O3. The van der Waals surface area contributed by atoms with E-state index in [1.165, 1.54) is 6.42 Å². The Bertz CT molecular complexity index is 290. The van der Waals surface area contributed by atoms with E-state index in [1.54, 1.807) is 6.92 Å². The van der Waals surface area contributed by atoms with E-state index < -0.39 is 12.0 Å². The second-order valence-electron chi connectivity index (χ2n) is 5.51. The molecule has 5 heteroatoms. The second-order valence-corrected chi connectivity index (χ2v) is 5.51. The van der Waals surface area contributed by atoms with Gasteiger partial charge >= 0.3 is 5.97 Å². The zero-order chi connectivity index (χ0) is 13.1. The maximum absolute atomic E-state index is 10.9. The number of aliphatic carboxylic acids is 1. The summed E-state index contributed by atoms with van der Waals surface area (Å²) in [5.74, 6) is -0.749. The first-order valence-electron chi connectivity index (χ1n) is 6.98. The third kappa shape index (κ3) is 3.02. The largest absolute Gasteiger partial charge is 0.480 e. The van der Waals surface area contributed by atoms with E-state index in [1.807, 2.05) is 4.90 Å². The highest BCUT2D eigenvalue weighted by Gasteiger charge is 2.32. The lowest BCUT2D eigenvalue weighted by Gasteiger charge is -2.43. The minimum Gasteiger partial charge on any atom is -0.480 e. The van der Waals surface area contributed by atoms with Gasteiger partial charge in [-0.05, 0) is 19.8 Å². The molecule has 0 aromatic carbocycles. The van der Waals surface area contributed by atoms with Crippen molar-refractivity contribution in [1.82, 2.24) is 9.80 Å². The van der Waals surface area contributed by atoms with Crippen LogP contribution in [0.4, 0.5) is 0 Å². The molecule has 0 spiro atoms. The van der Waals surface area contributed by atoms with Crippen LogP contribution in [0.5, 0.6) is 0 Å². The fourth-order valence-electron chi connectivity index (χ4n) is 3.13. The number of aliphatic hydroxyl groups excluding tert-OH is 1. The predicted octanol–water partition coefficient (Wildman–Crippen LogP) is 0.381. The van der Waals surface area contributed by atoms with Gasteiger partial charge in [-0.25, -0.2) is 0 Å². The van der Waals surface area contributed by atoms with Gasteiger partial charge in [-0.15, -0.1) is 0 Å². The van der Waals surface area contributed by atoms with Crippen LogP contribution < -0.4 is 0 Å². The summed E-state index contributed by atoms with van der Waals surface area (Å²) < 4.78 is 0. The van der Waals surface area contributed by atoms with Crippen LogP contribution in [0, 0.1) is 0 Å². The molecule has 18 heavy (non-hydrogen) atoms. The van der Waals surface area contributed by atoms with Crippen molar-refractivity contribution in [2.24, 2.45) is 0 Å². The van der Waals surface area contributed by atoms with Crippen molar-refractivity contribution in [3.8, 4) is 0 Å². The Morgan fingerprint density at radius 1 is 1.17 bits per heavy atom. The summed E-state index contributed by atoms with van der Waals surface area (Å²) in [7, 11) is 0. The Morgan fingerprint density at radius 3 is 2.33 bits per heavy atom. The average molecular weight is 256 g/mol. The Labute approximate surface area is 108 Å². The van der Waals surface area contributed by atoms with Crippen LogP contribution in [-0.4, -0.2) is 70.3 Å². The average Bonchev–Trinajstić information content (AvgIpc) is 2.38. The molecule has 3 unspecified atom stereocenters. The van der Waals surface area contributed by atoms with Gasteiger partial charge < -0.3 is 10.2 Å². The van der Waals surface area contributed by atoms with E-state index in [4.69, 9.17) is 5.11 Å². The minimum atomic E-state index is -0.749. The van der Waals surface area contributed by atoms with Gasteiger partial charge in [-0.1, -0.05) is 12.8 Å². The number of piperazine rings is 1. The first-order chi connectivity index (χ1) is 8.59. The molecule has 0 bridgehead atoms. The molecule has 0 amide bonds. The highest BCUT2D eigenvalue weighted by molar-refractivity contribution is 5.72. The van der Waals surface area contributed by atoms with Crippen LogP contribution in [0.3, 0.4) is 0 Å². The van der Waals surface area contributed by atoms with E-state index >= 15 is 0 Å². The Balaban J connectivity index is 1.84. The number of carboxylic acid groups (broad SMARTS) is 1. The Hall–Kier alpha value is -0.650. The highest BCUT2D eigenvalue weighted by atomic mass is 16.4. The summed E-state index contributed by atoms with van der Waals surface area (Å²) in [5, 5.41) is 19.0. The molecule has 0 radical (unpaired) electrons. The quantitative estimate of drug-likeness (QED) is 0.764. The van der Waals surface area contributed by atoms with Gasteiger partial charge in [0.05, 0.1) is 6.10 Å². The number of nitrogens with zero attached hydrogens (tertiary/aromatic N) is 2. The Morgan fingerprint density at radius 2 is 1.78 bits per heavy atom. The van der Waals surface area contributed by atoms with Crippen molar-refractivity contribution in [2.45, 2.75) is 50.8 Å². The maximum atomic E-state index is 10.9. The zero-order valence-electron chi connectivity index (χ0n) is 11.1. The van der Waals surface area contributed by atoms with Gasteiger partial charge in [-0.3, -0.25) is 14.6 Å². The van der Waals surface area contributed by atoms with Crippen LogP contribution in [-0.2, 0) is 4.79 Å². The maximum Gasteiger partial charge on any atom is 0.320 e. The van der Waals surface area contributed by atoms with Crippen LogP contribution >= 0.6 is 0 Å². The summed E-state index contributed by atoms with van der Waals surface area (Å²) in [6, 6.07) is -0.107. The summed E-state index contributed by atoms with van der Waals surface area (Å²) in [5.41, 5.74) is 0. The molecule has 5 nitrogen and oxygen atoms in total. The fraction of sp³-hybridized carbons (Fsp3) is 0.923. The molecule has 2 rings (SSSR count). The molecule has 1 saturated heterocycles. The molecule has 1 aliphatic carbocycles. The van der Waals surface area contributed by atoms with Crippen LogP contribution in [0.15, 0.2) is 0 Å². The van der Waals surface area contributed by atoms with E-state index in [9.17, 15) is 9.90 Å². The third-order valence-electron chi connectivity index (χ3n) is 4.42. The van der Waals surface area contributed by atoms with Crippen LogP contribution in [0.2, 0.25) is 0 Å². The van der Waals surface area contributed by atoms with Crippen LogP contribution in [0.1, 0.15) is 32.6 Å². The molecule has 2 fully saturated rings. The first kappa shape index (κ1) is 13.8. The number of carbonyl (C=O) groups is 1. The summed E-state index contributed by atoms with van der Waals surface area (Å²) >= 11 is 0. The van der Waals surface area contributed by atoms with E-state index in [-0.39, 0.29) is 6.10 Å². The smallest absolute Gasteiger partial charge is 0.320 e. The van der Waals surface area contributed by atoms with Gasteiger partial charge in [0.25, 0.3) is 0 Å². The molecule has 104 valence electrons. The molecule has 2 aliphatic rings. The fourth-order valence-corrected chi connectivity index (χ4v) is 3.13.